The predicted octanol–water partition coefficient (Wildman–Crippen LogP) is 6.71. The Bertz CT molecular complexity index is 1200. The normalized spacial score (nSPS) is 11.2. The lowest BCUT2D eigenvalue weighted by molar-refractivity contribution is 0.0954. The molecule has 2 N–H and O–H groups in total. The molecule has 3 rings (SSSR count). The van der Waals surface area contributed by atoms with E-state index in [0.717, 1.165) is 0 Å². The van der Waals surface area contributed by atoms with Crippen molar-refractivity contribution in [1.29, 1.82) is 0 Å². The van der Waals surface area contributed by atoms with E-state index in [9.17, 15) is 9.59 Å². The molecule has 0 unspecified atom stereocenters. The highest BCUT2D eigenvalue weighted by molar-refractivity contribution is 6.42. The number of amides is 2. The van der Waals surface area contributed by atoms with Crippen molar-refractivity contribution < 1.29 is 9.59 Å². The van der Waals surface area contributed by atoms with Crippen LogP contribution in [-0.2, 0) is 0 Å². The van der Waals surface area contributed by atoms with Gasteiger partial charge in [0.15, 0.2) is 0 Å². The number of halogens is 4. The maximum absolute atomic E-state index is 12.5. The number of nitrogens with zero attached hydrogens (tertiary/aromatic N) is 1. The summed E-state index contributed by atoms with van der Waals surface area (Å²) in [5.74, 6) is -0.805. The summed E-state index contributed by atoms with van der Waals surface area (Å²) in [6, 6.07) is 16.2. The van der Waals surface area contributed by atoms with Gasteiger partial charge in [0, 0.05) is 16.3 Å². The zero-order valence-electron chi connectivity index (χ0n) is 16.0. The van der Waals surface area contributed by atoms with Crippen molar-refractivity contribution in [2.75, 3.05) is 5.32 Å². The van der Waals surface area contributed by atoms with E-state index >= 15 is 0 Å². The van der Waals surface area contributed by atoms with Gasteiger partial charge in [0.1, 0.15) is 0 Å². The Morgan fingerprint density at radius 3 is 2.26 bits per heavy atom. The third kappa shape index (κ3) is 5.99. The summed E-state index contributed by atoms with van der Waals surface area (Å²) in [6.45, 7) is 1.73. The second kappa shape index (κ2) is 10.2. The summed E-state index contributed by atoms with van der Waals surface area (Å²) in [5, 5.41) is 8.23. The summed E-state index contributed by atoms with van der Waals surface area (Å²) in [4.78, 5) is 24.8. The summed E-state index contributed by atoms with van der Waals surface area (Å²) in [7, 11) is 0. The van der Waals surface area contributed by atoms with Gasteiger partial charge in [0.2, 0.25) is 0 Å². The molecule has 0 aliphatic heterocycles. The Hall–Kier alpha value is -2.57. The van der Waals surface area contributed by atoms with Crippen LogP contribution < -0.4 is 10.7 Å². The van der Waals surface area contributed by atoms with E-state index in [1.54, 1.807) is 49.4 Å². The molecule has 0 saturated heterocycles. The zero-order valence-corrected chi connectivity index (χ0v) is 19.1. The molecule has 5 nitrogen and oxygen atoms in total. The van der Waals surface area contributed by atoms with Gasteiger partial charge in [-0.15, -0.1) is 0 Å². The van der Waals surface area contributed by atoms with Gasteiger partial charge < -0.3 is 5.32 Å². The monoisotopic (exact) mass is 493 g/mol. The van der Waals surface area contributed by atoms with E-state index in [1.807, 2.05) is 0 Å². The van der Waals surface area contributed by atoms with Crippen LogP contribution >= 0.6 is 46.4 Å². The van der Waals surface area contributed by atoms with Crippen LogP contribution in [0.5, 0.6) is 0 Å². The Labute approximate surface area is 199 Å². The van der Waals surface area contributed by atoms with Crippen molar-refractivity contribution >= 4 is 69.6 Å². The van der Waals surface area contributed by atoms with Crippen LogP contribution in [-0.4, -0.2) is 17.5 Å². The summed E-state index contributed by atoms with van der Waals surface area (Å²) in [6.07, 6.45) is 0. The highest BCUT2D eigenvalue weighted by Gasteiger charge is 2.12. The fraction of sp³-hybridized carbons (Fsp3) is 0.0455. The topological polar surface area (TPSA) is 70.6 Å². The molecule has 31 heavy (non-hydrogen) atoms. The largest absolute Gasteiger partial charge is 0.322 e. The predicted molar refractivity (Wildman–Crippen MR) is 127 cm³/mol. The molecule has 0 atom stereocenters. The molecule has 0 fully saturated rings. The molecule has 2 amide bonds. The number of hydrogen-bond donors (Lipinski definition) is 2. The van der Waals surface area contributed by atoms with Crippen LogP contribution in [0.4, 0.5) is 5.69 Å². The average Bonchev–Trinajstić information content (AvgIpc) is 2.73. The lowest BCUT2D eigenvalue weighted by Gasteiger charge is -2.09. The van der Waals surface area contributed by atoms with Crippen LogP contribution in [0.1, 0.15) is 33.2 Å². The molecule has 9 heteroatoms. The van der Waals surface area contributed by atoms with Crippen molar-refractivity contribution in [3.05, 3.63) is 97.4 Å². The molecular weight excluding hydrogens is 480 g/mol. The van der Waals surface area contributed by atoms with Crippen LogP contribution in [0.3, 0.4) is 0 Å². The third-order valence-corrected chi connectivity index (χ3v) is 5.51. The van der Waals surface area contributed by atoms with Crippen molar-refractivity contribution in [3.8, 4) is 0 Å². The third-order valence-electron chi connectivity index (χ3n) is 4.22. The number of nitrogens with one attached hydrogen (secondary N) is 2. The number of hydrogen-bond acceptors (Lipinski definition) is 3. The first kappa shape index (κ1) is 23.1. The first-order chi connectivity index (χ1) is 14.7. The van der Waals surface area contributed by atoms with Crippen LogP contribution in [0.15, 0.2) is 65.8 Å². The molecule has 0 radical (unpaired) electrons. The SMILES string of the molecule is C/C(=N/NC(=O)c1ccc(Cl)c(Cl)c1)c1cccc(NC(=O)c2ccc(Cl)cc2Cl)c1. The highest BCUT2D eigenvalue weighted by atomic mass is 35.5. The summed E-state index contributed by atoms with van der Waals surface area (Å²) >= 11 is 23.8. The average molecular weight is 495 g/mol. The molecule has 0 heterocycles. The Kier molecular flexibility index (Phi) is 7.57. The molecule has 0 spiro atoms. The highest BCUT2D eigenvalue weighted by Crippen LogP contribution is 2.23. The van der Waals surface area contributed by atoms with E-state index in [4.69, 9.17) is 46.4 Å². The van der Waals surface area contributed by atoms with Gasteiger partial charge in [-0.05, 0) is 61.0 Å². The molecule has 0 aliphatic carbocycles. The minimum atomic E-state index is -0.431. The summed E-state index contributed by atoms with van der Waals surface area (Å²) in [5.41, 5.74) is 4.88. The van der Waals surface area contributed by atoms with Crippen molar-refractivity contribution in [3.63, 3.8) is 0 Å². The zero-order chi connectivity index (χ0) is 22.5. The first-order valence-electron chi connectivity index (χ1n) is 8.91. The van der Waals surface area contributed by atoms with E-state index < -0.39 is 5.91 Å². The molecule has 0 saturated carbocycles. The van der Waals surface area contributed by atoms with Crippen molar-refractivity contribution in [2.24, 2.45) is 5.10 Å². The van der Waals surface area contributed by atoms with Gasteiger partial charge in [-0.3, -0.25) is 9.59 Å². The second-order valence-corrected chi connectivity index (χ2v) is 8.08. The van der Waals surface area contributed by atoms with Crippen LogP contribution in [0.25, 0.3) is 0 Å². The smallest absolute Gasteiger partial charge is 0.271 e. The quantitative estimate of drug-likeness (QED) is 0.305. The molecule has 0 bridgehead atoms. The second-order valence-electron chi connectivity index (χ2n) is 6.43. The lowest BCUT2D eigenvalue weighted by Crippen LogP contribution is -2.19. The molecule has 0 aromatic heterocycles. The maximum atomic E-state index is 12.5. The number of carbonyl (C=O) groups is 2. The number of benzene rings is 3. The van der Waals surface area contributed by atoms with Gasteiger partial charge in [0.05, 0.1) is 26.3 Å². The fourth-order valence-electron chi connectivity index (χ4n) is 2.60. The van der Waals surface area contributed by atoms with Crippen molar-refractivity contribution in [1.82, 2.24) is 5.43 Å². The van der Waals surface area contributed by atoms with Gasteiger partial charge >= 0.3 is 0 Å². The van der Waals surface area contributed by atoms with E-state index in [2.05, 4.69) is 15.8 Å². The summed E-state index contributed by atoms with van der Waals surface area (Å²) < 4.78 is 0. The van der Waals surface area contributed by atoms with Gasteiger partial charge in [-0.1, -0.05) is 58.5 Å². The van der Waals surface area contributed by atoms with Gasteiger partial charge in [-0.2, -0.15) is 5.10 Å². The van der Waals surface area contributed by atoms with E-state index in [-0.39, 0.29) is 16.0 Å². The van der Waals surface area contributed by atoms with E-state index in [1.165, 1.54) is 18.2 Å². The minimum absolute atomic E-state index is 0.254. The molecule has 3 aromatic rings. The number of rotatable bonds is 5. The van der Waals surface area contributed by atoms with E-state index in [0.29, 0.717) is 38.1 Å². The maximum Gasteiger partial charge on any atom is 0.271 e. The van der Waals surface area contributed by atoms with Gasteiger partial charge in [0.25, 0.3) is 11.8 Å². The van der Waals surface area contributed by atoms with Gasteiger partial charge in [-0.25, -0.2) is 5.43 Å². The first-order valence-corrected chi connectivity index (χ1v) is 10.4. The van der Waals surface area contributed by atoms with Crippen molar-refractivity contribution in [2.45, 2.75) is 6.92 Å². The molecule has 3 aromatic carbocycles. The standard InChI is InChI=1S/C22H15Cl4N3O2/c1-12(28-29-21(30)14-5-8-18(24)20(26)10-14)13-3-2-4-16(9-13)27-22(31)17-7-6-15(23)11-19(17)25/h2-11H,1H3,(H,27,31)(H,29,30)/b28-12-. The lowest BCUT2D eigenvalue weighted by atomic mass is 10.1. The Balaban J connectivity index is 1.71. The number of anilines is 1. The van der Waals surface area contributed by atoms with Crippen LogP contribution in [0.2, 0.25) is 20.1 Å². The molecule has 0 aliphatic rings. The number of carbonyl (C=O) groups excluding carboxylic acids is 2. The number of hydrazone groups is 1. The van der Waals surface area contributed by atoms with Crippen LogP contribution in [0, 0.1) is 0 Å². The molecular formula is C22H15Cl4N3O2. The minimum Gasteiger partial charge on any atom is -0.322 e. The Morgan fingerprint density at radius 1 is 0.774 bits per heavy atom. The Morgan fingerprint density at radius 2 is 1.55 bits per heavy atom. The molecule has 158 valence electrons. The fourth-order valence-corrected chi connectivity index (χ4v) is 3.39.